The van der Waals surface area contributed by atoms with Gasteiger partial charge in [0.25, 0.3) is 0 Å². The first-order valence-electron chi connectivity index (χ1n) is 8.71. The lowest BCUT2D eigenvalue weighted by Gasteiger charge is -2.23. The Morgan fingerprint density at radius 2 is 1.88 bits per heavy atom. The van der Waals surface area contributed by atoms with Crippen LogP contribution in [0.3, 0.4) is 0 Å². The number of fused-ring (bicyclic) bond motifs is 1. The summed E-state index contributed by atoms with van der Waals surface area (Å²) in [5.74, 6) is 0.289. The third-order valence-electron chi connectivity index (χ3n) is 5.16. The Morgan fingerprint density at radius 3 is 2.54 bits per heavy atom. The maximum absolute atomic E-state index is 12.3. The second-order valence-electron chi connectivity index (χ2n) is 7.13. The molecule has 2 amide bonds. The van der Waals surface area contributed by atoms with Crippen molar-refractivity contribution in [3.63, 3.8) is 0 Å². The van der Waals surface area contributed by atoms with Gasteiger partial charge < -0.3 is 10.6 Å². The molecule has 3 aliphatic rings. The third kappa shape index (κ3) is 3.22. The Hall–Kier alpha value is -1.76. The van der Waals surface area contributed by atoms with E-state index < -0.39 is 0 Å². The van der Waals surface area contributed by atoms with Crippen molar-refractivity contribution in [2.24, 2.45) is 17.8 Å². The predicted molar refractivity (Wildman–Crippen MR) is 90.0 cm³/mol. The smallest absolute Gasteiger partial charge is 0.229 e. The van der Waals surface area contributed by atoms with Gasteiger partial charge in [0, 0.05) is 25.3 Å². The molecule has 2 fully saturated rings. The Kier molecular flexibility index (Phi) is 4.12. The summed E-state index contributed by atoms with van der Waals surface area (Å²) in [6.07, 6.45) is 6.05. The summed E-state index contributed by atoms with van der Waals surface area (Å²) in [7, 11) is 0. The van der Waals surface area contributed by atoms with Crippen molar-refractivity contribution < 1.29 is 14.4 Å². The number of aromatic nitrogens is 1. The van der Waals surface area contributed by atoms with Crippen LogP contribution in [0.2, 0.25) is 0 Å². The predicted octanol–water partition coefficient (Wildman–Crippen LogP) is 2.15. The van der Waals surface area contributed by atoms with Crippen molar-refractivity contribution in [3.8, 4) is 0 Å². The lowest BCUT2D eigenvalue weighted by molar-refractivity contribution is -0.125. The van der Waals surface area contributed by atoms with E-state index >= 15 is 0 Å². The van der Waals surface area contributed by atoms with Gasteiger partial charge in [-0.05, 0) is 31.6 Å². The maximum atomic E-state index is 12.3. The van der Waals surface area contributed by atoms with E-state index in [1.165, 1.54) is 24.2 Å². The van der Waals surface area contributed by atoms with Gasteiger partial charge in [-0.15, -0.1) is 0 Å². The van der Waals surface area contributed by atoms with E-state index in [0.717, 1.165) is 25.8 Å². The molecule has 1 heterocycles. The second kappa shape index (κ2) is 6.27. The van der Waals surface area contributed by atoms with E-state index in [0.29, 0.717) is 28.0 Å². The standard InChI is InChI=1S/C17H21N3O3S/c21-13-7-11(15(22)18-8-9-4-5-9)6-12-14(13)24-17(19-12)20-16(23)10-2-1-3-10/h9-11H,1-8H2,(H,18,22)(H,19,20,23)/t11-/m1/s1. The lowest BCUT2D eigenvalue weighted by atomic mass is 9.85. The summed E-state index contributed by atoms with van der Waals surface area (Å²) in [5.41, 5.74) is 0.659. The number of hydrogen-bond donors (Lipinski definition) is 2. The molecule has 0 unspecified atom stereocenters. The van der Waals surface area contributed by atoms with Crippen LogP contribution in [0.4, 0.5) is 5.13 Å². The van der Waals surface area contributed by atoms with Crippen LogP contribution in [-0.4, -0.2) is 29.1 Å². The third-order valence-corrected chi connectivity index (χ3v) is 6.22. The topological polar surface area (TPSA) is 88.2 Å². The van der Waals surface area contributed by atoms with Crippen molar-refractivity contribution in [2.45, 2.75) is 44.9 Å². The van der Waals surface area contributed by atoms with Crippen LogP contribution >= 0.6 is 11.3 Å². The SMILES string of the molecule is O=C1C[C@H](C(=O)NCC2CC2)Cc2nc(NC(=O)C3CCC3)sc21. The van der Waals surface area contributed by atoms with Crippen LogP contribution in [-0.2, 0) is 16.0 Å². The molecule has 0 bridgehead atoms. The quantitative estimate of drug-likeness (QED) is 0.854. The van der Waals surface area contributed by atoms with Gasteiger partial charge in [0.1, 0.15) is 0 Å². The number of thiazole rings is 1. The van der Waals surface area contributed by atoms with Crippen molar-refractivity contribution >= 4 is 34.1 Å². The average molecular weight is 347 g/mol. The normalized spacial score (nSPS) is 23.3. The van der Waals surface area contributed by atoms with E-state index in [9.17, 15) is 14.4 Å². The van der Waals surface area contributed by atoms with Crippen LogP contribution in [0.5, 0.6) is 0 Å². The molecule has 1 aromatic rings. The Morgan fingerprint density at radius 1 is 1.08 bits per heavy atom. The average Bonchev–Trinajstić information content (AvgIpc) is 3.22. The number of nitrogens with zero attached hydrogens (tertiary/aromatic N) is 1. The van der Waals surface area contributed by atoms with Gasteiger partial charge in [0.15, 0.2) is 10.9 Å². The summed E-state index contributed by atoms with van der Waals surface area (Å²) >= 11 is 1.24. The van der Waals surface area contributed by atoms with Gasteiger partial charge in [-0.1, -0.05) is 17.8 Å². The van der Waals surface area contributed by atoms with Crippen LogP contribution in [0, 0.1) is 17.8 Å². The van der Waals surface area contributed by atoms with Crippen molar-refractivity contribution in [2.75, 3.05) is 11.9 Å². The van der Waals surface area contributed by atoms with Crippen LogP contribution in [0.15, 0.2) is 0 Å². The molecule has 0 aromatic carbocycles. The lowest BCUT2D eigenvalue weighted by Crippen LogP contribution is -2.36. The summed E-state index contributed by atoms with van der Waals surface area (Å²) in [6.45, 7) is 0.718. The molecule has 4 rings (SSSR count). The molecule has 3 aliphatic carbocycles. The number of carbonyl (C=O) groups excluding carboxylic acids is 3. The minimum absolute atomic E-state index is 0.00137. The fourth-order valence-corrected chi connectivity index (χ4v) is 4.10. The summed E-state index contributed by atoms with van der Waals surface area (Å²) in [6, 6.07) is 0. The molecule has 24 heavy (non-hydrogen) atoms. The number of Topliss-reactive ketones (excluding diaryl/α,β-unsaturated/α-hetero) is 1. The molecule has 0 spiro atoms. The number of amides is 2. The monoisotopic (exact) mass is 347 g/mol. The summed E-state index contributed by atoms with van der Waals surface area (Å²) in [4.78, 5) is 41.6. The van der Waals surface area contributed by atoms with Crippen molar-refractivity contribution in [1.29, 1.82) is 0 Å². The number of carbonyl (C=O) groups is 3. The Balaban J connectivity index is 1.41. The molecule has 7 heteroatoms. The van der Waals surface area contributed by atoms with Gasteiger partial charge in [-0.25, -0.2) is 4.98 Å². The summed E-state index contributed by atoms with van der Waals surface area (Å²) < 4.78 is 0. The molecule has 0 radical (unpaired) electrons. The van der Waals surface area contributed by atoms with Crippen molar-refractivity contribution in [1.82, 2.24) is 10.3 Å². The molecular formula is C17H21N3O3S. The van der Waals surface area contributed by atoms with Crippen LogP contribution < -0.4 is 10.6 Å². The van der Waals surface area contributed by atoms with E-state index in [1.807, 2.05) is 0 Å². The number of hydrogen-bond acceptors (Lipinski definition) is 5. The van der Waals surface area contributed by atoms with Gasteiger partial charge in [0.05, 0.1) is 16.5 Å². The van der Waals surface area contributed by atoms with E-state index in [1.54, 1.807) is 0 Å². The first-order valence-corrected chi connectivity index (χ1v) is 9.53. The minimum atomic E-state index is -0.332. The fourth-order valence-electron chi connectivity index (χ4n) is 3.16. The van der Waals surface area contributed by atoms with Gasteiger partial charge in [0.2, 0.25) is 11.8 Å². The molecule has 6 nitrogen and oxygen atoms in total. The Bertz CT molecular complexity index is 691. The maximum Gasteiger partial charge on any atom is 0.229 e. The Labute approximate surface area is 144 Å². The number of ketones is 1. The molecule has 2 saturated carbocycles. The minimum Gasteiger partial charge on any atom is -0.356 e. The highest BCUT2D eigenvalue weighted by Gasteiger charge is 2.34. The highest BCUT2D eigenvalue weighted by Crippen LogP contribution is 2.34. The van der Waals surface area contributed by atoms with Crippen molar-refractivity contribution in [3.05, 3.63) is 10.6 Å². The molecule has 1 atom stereocenters. The number of nitrogens with one attached hydrogen (secondary N) is 2. The molecule has 1 aromatic heterocycles. The number of anilines is 1. The largest absolute Gasteiger partial charge is 0.356 e. The van der Waals surface area contributed by atoms with Crippen LogP contribution in [0.25, 0.3) is 0 Å². The molecule has 2 N–H and O–H groups in total. The molecule has 0 saturated heterocycles. The molecular weight excluding hydrogens is 326 g/mol. The highest BCUT2D eigenvalue weighted by molar-refractivity contribution is 7.17. The zero-order chi connectivity index (χ0) is 16.7. The zero-order valence-corrected chi connectivity index (χ0v) is 14.3. The molecule has 128 valence electrons. The van der Waals surface area contributed by atoms with E-state index in [2.05, 4.69) is 15.6 Å². The van der Waals surface area contributed by atoms with Gasteiger partial charge >= 0.3 is 0 Å². The highest BCUT2D eigenvalue weighted by atomic mass is 32.1. The number of rotatable bonds is 5. The summed E-state index contributed by atoms with van der Waals surface area (Å²) in [5, 5.41) is 6.27. The fraction of sp³-hybridized carbons (Fsp3) is 0.647. The zero-order valence-electron chi connectivity index (χ0n) is 13.5. The van der Waals surface area contributed by atoms with Gasteiger partial charge in [-0.3, -0.25) is 14.4 Å². The first kappa shape index (κ1) is 15.7. The first-order chi connectivity index (χ1) is 11.6. The molecule has 0 aliphatic heterocycles. The van der Waals surface area contributed by atoms with Crippen LogP contribution in [0.1, 0.15) is 53.9 Å². The van der Waals surface area contributed by atoms with Gasteiger partial charge in [-0.2, -0.15) is 0 Å². The van der Waals surface area contributed by atoms with E-state index in [4.69, 9.17) is 0 Å². The second-order valence-corrected chi connectivity index (χ2v) is 8.13. The van der Waals surface area contributed by atoms with E-state index in [-0.39, 0.29) is 35.9 Å².